The largest absolute Gasteiger partial charge is 0.449 e. The maximum absolute atomic E-state index is 12.0. The van der Waals surface area contributed by atoms with E-state index < -0.39 is 36.6 Å². The second-order valence-corrected chi connectivity index (χ2v) is 12.1. The first-order chi connectivity index (χ1) is 17.9. The summed E-state index contributed by atoms with van der Waals surface area (Å²) in [5.41, 5.74) is 2.87. The average Bonchev–Trinajstić information content (AvgIpc) is 2.90. The highest BCUT2D eigenvalue weighted by Crippen LogP contribution is 2.56. The number of rotatable bonds is 11. The van der Waals surface area contributed by atoms with Crippen molar-refractivity contribution in [2.45, 2.75) is 50.9 Å². The van der Waals surface area contributed by atoms with E-state index in [4.69, 9.17) is 35.3 Å². The highest BCUT2D eigenvalue weighted by Gasteiger charge is 2.53. The minimum Gasteiger partial charge on any atom is -0.449 e. The van der Waals surface area contributed by atoms with Gasteiger partial charge in [-0.15, -0.1) is 0 Å². The SMILES string of the molecule is CC(=O)O[C@@H]1[C@@H](OCc2ccccc2)[C@H](OCc2ccccc2)[C@@H](COCc2ccccc2)OP1(O)=S. The van der Waals surface area contributed by atoms with Crippen LogP contribution in [0.3, 0.4) is 0 Å². The summed E-state index contributed by atoms with van der Waals surface area (Å²) in [6, 6.07) is 29.0. The number of hydrogen-bond acceptors (Lipinski definition) is 7. The lowest BCUT2D eigenvalue weighted by atomic mass is 10.1. The molecule has 1 heterocycles. The van der Waals surface area contributed by atoms with Gasteiger partial charge in [0.15, 0.2) is 0 Å². The van der Waals surface area contributed by atoms with Crippen molar-refractivity contribution in [3.63, 3.8) is 0 Å². The molecule has 1 fully saturated rings. The highest BCUT2D eigenvalue weighted by molar-refractivity contribution is 8.09. The first-order valence-corrected chi connectivity index (χ1v) is 14.8. The summed E-state index contributed by atoms with van der Waals surface area (Å²) in [7, 11) is 0. The Bertz CT molecular complexity index is 1160. The molecule has 1 N–H and O–H groups in total. The molecule has 0 bridgehead atoms. The van der Waals surface area contributed by atoms with Crippen molar-refractivity contribution in [1.29, 1.82) is 0 Å². The Labute approximate surface area is 222 Å². The van der Waals surface area contributed by atoms with Crippen molar-refractivity contribution in [3.8, 4) is 0 Å². The number of esters is 1. The van der Waals surface area contributed by atoms with Gasteiger partial charge >= 0.3 is 5.97 Å². The van der Waals surface area contributed by atoms with E-state index in [-0.39, 0.29) is 19.8 Å². The van der Waals surface area contributed by atoms with E-state index in [2.05, 4.69) is 0 Å². The van der Waals surface area contributed by atoms with E-state index in [1.807, 2.05) is 91.0 Å². The van der Waals surface area contributed by atoms with Crippen molar-refractivity contribution in [3.05, 3.63) is 108 Å². The van der Waals surface area contributed by atoms with Crippen LogP contribution in [0.15, 0.2) is 91.0 Å². The number of carbonyl (C=O) groups excluding carboxylic acids is 1. The van der Waals surface area contributed by atoms with Crippen LogP contribution >= 0.6 is 6.49 Å². The van der Waals surface area contributed by atoms with Gasteiger partial charge in [0.2, 0.25) is 12.3 Å². The van der Waals surface area contributed by atoms with E-state index >= 15 is 0 Å². The molecule has 1 aliphatic heterocycles. The van der Waals surface area contributed by atoms with Gasteiger partial charge in [-0.05, 0) is 28.5 Å². The Hall–Kier alpha value is -2.42. The van der Waals surface area contributed by atoms with Gasteiger partial charge in [-0.3, -0.25) is 4.79 Å². The minimum atomic E-state index is -3.62. The molecule has 1 aliphatic rings. The van der Waals surface area contributed by atoms with Crippen molar-refractivity contribution in [2.75, 3.05) is 6.61 Å². The molecule has 0 amide bonds. The molecule has 9 heteroatoms. The van der Waals surface area contributed by atoms with Gasteiger partial charge in [0.25, 0.3) is 0 Å². The Balaban J connectivity index is 1.58. The van der Waals surface area contributed by atoms with Gasteiger partial charge in [-0.25, -0.2) is 0 Å². The predicted molar refractivity (Wildman–Crippen MR) is 143 cm³/mol. The summed E-state index contributed by atoms with van der Waals surface area (Å²) in [6.45, 7) is -1.44. The van der Waals surface area contributed by atoms with Crippen LogP contribution in [-0.4, -0.2) is 41.6 Å². The summed E-state index contributed by atoms with van der Waals surface area (Å²) in [5, 5.41) is 0. The van der Waals surface area contributed by atoms with Crippen LogP contribution < -0.4 is 0 Å². The minimum absolute atomic E-state index is 0.102. The Kier molecular flexibility index (Phi) is 10.00. The van der Waals surface area contributed by atoms with Gasteiger partial charge in [0.1, 0.15) is 18.3 Å². The quantitative estimate of drug-likeness (QED) is 0.269. The summed E-state index contributed by atoms with van der Waals surface area (Å²) < 4.78 is 30.0. The summed E-state index contributed by atoms with van der Waals surface area (Å²) >= 11 is 5.47. The van der Waals surface area contributed by atoms with Gasteiger partial charge in [0, 0.05) is 6.92 Å². The lowest BCUT2D eigenvalue weighted by molar-refractivity contribution is -0.189. The van der Waals surface area contributed by atoms with Crippen LogP contribution in [0.25, 0.3) is 0 Å². The number of ether oxygens (including phenoxy) is 4. The fourth-order valence-corrected chi connectivity index (χ4v) is 6.50. The van der Waals surface area contributed by atoms with Crippen LogP contribution in [0.4, 0.5) is 0 Å². The van der Waals surface area contributed by atoms with E-state index in [1.165, 1.54) is 6.92 Å². The van der Waals surface area contributed by atoms with E-state index in [1.54, 1.807) is 0 Å². The maximum Gasteiger partial charge on any atom is 0.303 e. The van der Waals surface area contributed by atoms with Crippen molar-refractivity contribution >= 4 is 24.3 Å². The number of benzene rings is 3. The molecule has 7 nitrogen and oxygen atoms in total. The fraction of sp³-hybridized carbons (Fsp3) is 0.321. The second-order valence-electron chi connectivity index (χ2n) is 8.73. The molecular formula is C28H31O7PS. The summed E-state index contributed by atoms with van der Waals surface area (Å²) in [4.78, 5) is 23.2. The molecule has 5 atom stereocenters. The molecular weight excluding hydrogens is 511 g/mol. The van der Waals surface area contributed by atoms with Crippen LogP contribution in [0.1, 0.15) is 23.6 Å². The molecule has 0 saturated carbocycles. The molecule has 37 heavy (non-hydrogen) atoms. The molecule has 1 saturated heterocycles. The number of hydrogen-bond donors (Lipinski definition) is 1. The monoisotopic (exact) mass is 542 g/mol. The first-order valence-electron chi connectivity index (χ1n) is 12.0. The molecule has 1 unspecified atom stereocenters. The van der Waals surface area contributed by atoms with Gasteiger partial charge < -0.3 is 28.4 Å². The molecule has 196 valence electrons. The maximum atomic E-state index is 12.0. The molecule has 0 radical (unpaired) electrons. The highest BCUT2D eigenvalue weighted by atomic mass is 32.5. The van der Waals surface area contributed by atoms with Gasteiger partial charge in [-0.1, -0.05) is 91.0 Å². The van der Waals surface area contributed by atoms with E-state index in [0.717, 1.165) is 16.7 Å². The van der Waals surface area contributed by atoms with Crippen LogP contribution in [0.5, 0.6) is 0 Å². The standard InChI is InChI=1S/C28H31O7PS/c1-21(29)34-28-27(33-19-24-15-9-4-10-16-24)26(32-18-23-13-7-3-8-14-23)25(35-36(28,30)37)20-31-17-22-11-5-2-6-12-22/h2-16,25-28H,17-20H2,1H3,(H,30,37)/t25-,26-,27+,28+,36?/m1/s1. The zero-order valence-corrected chi connectivity index (χ0v) is 22.3. The topological polar surface area (TPSA) is 83.5 Å². The Morgan fingerprint density at radius 2 is 1.27 bits per heavy atom. The lowest BCUT2D eigenvalue weighted by Crippen LogP contribution is -2.55. The Morgan fingerprint density at radius 3 is 1.76 bits per heavy atom. The Morgan fingerprint density at radius 1 is 0.811 bits per heavy atom. The van der Waals surface area contributed by atoms with E-state index in [9.17, 15) is 9.69 Å². The van der Waals surface area contributed by atoms with Crippen LogP contribution in [0, 0.1) is 0 Å². The van der Waals surface area contributed by atoms with Crippen LogP contribution in [-0.2, 0) is 59.9 Å². The summed E-state index contributed by atoms with van der Waals surface area (Å²) in [5.74, 6) is -1.78. The first kappa shape index (κ1) is 27.6. The molecule has 0 aromatic heterocycles. The van der Waals surface area contributed by atoms with Crippen molar-refractivity contribution < 1.29 is 33.2 Å². The second kappa shape index (κ2) is 13.4. The fourth-order valence-electron chi connectivity index (χ4n) is 4.08. The molecule has 3 aromatic carbocycles. The van der Waals surface area contributed by atoms with Gasteiger partial charge in [0.05, 0.1) is 26.4 Å². The third-order valence-electron chi connectivity index (χ3n) is 5.83. The lowest BCUT2D eigenvalue weighted by Gasteiger charge is -2.45. The smallest absolute Gasteiger partial charge is 0.303 e. The zero-order chi connectivity index (χ0) is 26.1. The third kappa shape index (κ3) is 8.03. The van der Waals surface area contributed by atoms with Crippen LogP contribution in [0.2, 0.25) is 0 Å². The summed E-state index contributed by atoms with van der Waals surface area (Å²) in [6.07, 6.45) is -2.34. The molecule has 0 aliphatic carbocycles. The molecule has 0 spiro atoms. The van der Waals surface area contributed by atoms with Crippen molar-refractivity contribution in [2.24, 2.45) is 0 Å². The predicted octanol–water partition coefficient (Wildman–Crippen LogP) is 4.96. The van der Waals surface area contributed by atoms with E-state index in [0.29, 0.717) is 6.61 Å². The van der Waals surface area contributed by atoms with Crippen molar-refractivity contribution in [1.82, 2.24) is 0 Å². The average molecular weight is 543 g/mol. The molecule has 3 aromatic rings. The normalized spacial score (nSPS) is 25.5. The zero-order valence-electron chi connectivity index (χ0n) is 20.6. The third-order valence-corrected chi connectivity index (χ3v) is 8.33. The number of carbonyl (C=O) groups is 1. The van der Waals surface area contributed by atoms with Gasteiger partial charge in [-0.2, -0.15) is 0 Å². The molecule has 4 rings (SSSR count).